The molecule has 0 bridgehead atoms. The number of nitrogens with two attached hydrogens (primary N) is 1. The van der Waals surface area contributed by atoms with E-state index in [4.69, 9.17) is 28.9 Å². The van der Waals surface area contributed by atoms with Crippen LogP contribution in [0.2, 0.25) is 10.0 Å². The maximum Gasteiger partial charge on any atom is 0.149 e. The normalized spacial score (nSPS) is 18.9. The zero-order chi connectivity index (χ0) is 10.8. The standard InChI is InChI=1S/C10H8Cl2N2S.ClH/c11-6-1-2-7(8(12)5-6)9-3-4-15-10(13)14-9;/h1-5,10H,13H2;1H. The van der Waals surface area contributed by atoms with Gasteiger partial charge in [-0.3, -0.25) is 4.99 Å². The van der Waals surface area contributed by atoms with Gasteiger partial charge in [-0.25, -0.2) is 0 Å². The van der Waals surface area contributed by atoms with Crippen molar-refractivity contribution in [2.75, 3.05) is 0 Å². The Morgan fingerprint density at radius 3 is 2.69 bits per heavy atom. The van der Waals surface area contributed by atoms with Crippen LogP contribution in [0.1, 0.15) is 5.56 Å². The Labute approximate surface area is 114 Å². The van der Waals surface area contributed by atoms with Gasteiger partial charge in [0.1, 0.15) is 5.50 Å². The van der Waals surface area contributed by atoms with Crippen LogP contribution in [0.5, 0.6) is 0 Å². The number of rotatable bonds is 1. The smallest absolute Gasteiger partial charge is 0.149 e. The van der Waals surface area contributed by atoms with Crippen molar-refractivity contribution in [1.29, 1.82) is 0 Å². The topological polar surface area (TPSA) is 38.4 Å². The fourth-order valence-electron chi connectivity index (χ4n) is 1.25. The van der Waals surface area contributed by atoms with Crippen molar-refractivity contribution < 1.29 is 0 Å². The second-order valence-electron chi connectivity index (χ2n) is 2.97. The Hall–Kier alpha value is -0.190. The fourth-order valence-corrected chi connectivity index (χ4v) is 2.30. The summed E-state index contributed by atoms with van der Waals surface area (Å²) in [5.74, 6) is 0. The minimum absolute atomic E-state index is 0. The zero-order valence-corrected chi connectivity index (χ0v) is 11.2. The Kier molecular flexibility index (Phi) is 5.15. The van der Waals surface area contributed by atoms with Gasteiger partial charge in [-0.2, -0.15) is 0 Å². The predicted octanol–water partition coefficient (Wildman–Crippen LogP) is 3.71. The second-order valence-corrected chi connectivity index (χ2v) is 4.84. The Morgan fingerprint density at radius 1 is 1.31 bits per heavy atom. The number of thioether (sulfide) groups is 1. The van der Waals surface area contributed by atoms with Crippen molar-refractivity contribution in [3.05, 3.63) is 45.3 Å². The first-order chi connectivity index (χ1) is 7.16. The molecule has 1 unspecified atom stereocenters. The number of aliphatic imine (C=N–C) groups is 1. The fraction of sp³-hybridized carbons (Fsp3) is 0.100. The number of allylic oxidation sites excluding steroid dienone is 1. The van der Waals surface area contributed by atoms with E-state index in [0.717, 1.165) is 11.3 Å². The van der Waals surface area contributed by atoms with Crippen molar-refractivity contribution in [2.45, 2.75) is 5.50 Å². The molecule has 0 spiro atoms. The summed E-state index contributed by atoms with van der Waals surface area (Å²) >= 11 is 13.3. The number of hydrogen-bond donors (Lipinski definition) is 1. The van der Waals surface area contributed by atoms with Gasteiger partial charge in [-0.15, -0.1) is 12.4 Å². The molecule has 2 nitrogen and oxygen atoms in total. The van der Waals surface area contributed by atoms with Gasteiger partial charge in [0.2, 0.25) is 0 Å². The van der Waals surface area contributed by atoms with Crippen LogP contribution >= 0.6 is 47.4 Å². The van der Waals surface area contributed by atoms with Crippen LogP contribution < -0.4 is 5.73 Å². The lowest BCUT2D eigenvalue weighted by Crippen LogP contribution is -2.17. The second kappa shape index (κ2) is 5.94. The maximum atomic E-state index is 6.06. The summed E-state index contributed by atoms with van der Waals surface area (Å²) < 4.78 is 0. The van der Waals surface area contributed by atoms with Gasteiger partial charge in [0.15, 0.2) is 0 Å². The van der Waals surface area contributed by atoms with Crippen LogP contribution in [-0.2, 0) is 0 Å². The lowest BCUT2D eigenvalue weighted by Gasteiger charge is -2.12. The van der Waals surface area contributed by atoms with Crippen molar-refractivity contribution >= 4 is 53.1 Å². The molecule has 0 saturated carbocycles. The van der Waals surface area contributed by atoms with Crippen LogP contribution in [-0.4, -0.2) is 11.2 Å². The van der Waals surface area contributed by atoms with Gasteiger partial charge in [-0.1, -0.05) is 35.0 Å². The molecule has 1 aromatic carbocycles. The summed E-state index contributed by atoms with van der Waals surface area (Å²) in [6, 6.07) is 5.32. The highest BCUT2D eigenvalue weighted by Gasteiger charge is 2.11. The lowest BCUT2D eigenvalue weighted by molar-refractivity contribution is 0.991. The predicted molar refractivity (Wildman–Crippen MR) is 75.0 cm³/mol. The molecule has 6 heteroatoms. The van der Waals surface area contributed by atoms with E-state index in [1.807, 2.05) is 17.6 Å². The lowest BCUT2D eigenvalue weighted by atomic mass is 10.1. The Morgan fingerprint density at radius 2 is 2.06 bits per heavy atom. The molecular weight excluding hydrogens is 287 g/mol. The van der Waals surface area contributed by atoms with Crippen molar-refractivity contribution in [3.8, 4) is 0 Å². The molecule has 16 heavy (non-hydrogen) atoms. The summed E-state index contributed by atoms with van der Waals surface area (Å²) in [5, 5.41) is 3.12. The molecule has 0 radical (unpaired) electrons. The van der Waals surface area contributed by atoms with Crippen LogP contribution in [0.3, 0.4) is 0 Å². The van der Waals surface area contributed by atoms with Gasteiger partial charge in [0.25, 0.3) is 0 Å². The molecule has 2 rings (SSSR count). The Balaban J connectivity index is 0.00000128. The minimum atomic E-state index is -0.253. The molecule has 1 aromatic rings. The van der Waals surface area contributed by atoms with E-state index in [0.29, 0.717) is 10.0 Å². The molecule has 1 aliphatic rings. The third-order valence-electron chi connectivity index (χ3n) is 1.92. The molecular formula is C10H9Cl3N2S. The number of nitrogens with zero attached hydrogens (tertiary/aromatic N) is 1. The first-order valence-electron chi connectivity index (χ1n) is 4.27. The van der Waals surface area contributed by atoms with Gasteiger partial charge in [-0.05, 0) is 29.7 Å². The summed E-state index contributed by atoms with van der Waals surface area (Å²) in [4.78, 5) is 4.29. The monoisotopic (exact) mass is 294 g/mol. The van der Waals surface area contributed by atoms with Gasteiger partial charge in [0.05, 0.1) is 10.7 Å². The number of halogens is 3. The SMILES string of the molecule is Cl.NC1N=C(c2ccc(Cl)cc2Cl)C=CS1. The first-order valence-corrected chi connectivity index (χ1v) is 5.97. The molecule has 0 amide bonds. The Bertz CT molecular complexity index is 446. The number of hydrogen-bond acceptors (Lipinski definition) is 3. The highest BCUT2D eigenvalue weighted by Crippen LogP contribution is 2.25. The van der Waals surface area contributed by atoms with Crippen molar-refractivity contribution in [3.63, 3.8) is 0 Å². The largest absolute Gasteiger partial charge is 0.301 e. The van der Waals surface area contributed by atoms with Crippen molar-refractivity contribution in [2.24, 2.45) is 10.7 Å². The quantitative estimate of drug-likeness (QED) is 0.858. The zero-order valence-electron chi connectivity index (χ0n) is 8.06. The van der Waals surface area contributed by atoms with Gasteiger partial charge < -0.3 is 5.73 Å². The summed E-state index contributed by atoms with van der Waals surface area (Å²) in [5.41, 5.74) is 7.09. The van der Waals surface area contributed by atoms with E-state index < -0.39 is 0 Å². The molecule has 2 N–H and O–H groups in total. The summed E-state index contributed by atoms with van der Waals surface area (Å²) in [6.07, 6.45) is 1.89. The average molecular weight is 296 g/mol. The molecule has 0 fully saturated rings. The molecule has 1 atom stereocenters. The van der Waals surface area contributed by atoms with E-state index in [2.05, 4.69) is 4.99 Å². The van der Waals surface area contributed by atoms with E-state index in [9.17, 15) is 0 Å². The molecule has 0 saturated heterocycles. The summed E-state index contributed by atoms with van der Waals surface area (Å²) in [6.45, 7) is 0. The molecule has 86 valence electrons. The van der Waals surface area contributed by atoms with E-state index in [-0.39, 0.29) is 17.9 Å². The van der Waals surface area contributed by atoms with E-state index in [1.165, 1.54) is 11.8 Å². The third kappa shape index (κ3) is 3.15. The highest BCUT2D eigenvalue weighted by atomic mass is 35.5. The first kappa shape index (κ1) is 13.9. The van der Waals surface area contributed by atoms with Crippen LogP contribution in [0.25, 0.3) is 0 Å². The minimum Gasteiger partial charge on any atom is -0.301 e. The maximum absolute atomic E-state index is 6.06. The van der Waals surface area contributed by atoms with Crippen LogP contribution in [0.4, 0.5) is 0 Å². The van der Waals surface area contributed by atoms with Gasteiger partial charge >= 0.3 is 0 Å². The third-order valence-corrected chi connectivity index (χ3v) is 3.14. The van der Waals surface area contributed by atoms with E-state index in [1.54, 1.807) is 12.1 Å². The van der Waals surface area contributed by atoms with Crippen LogP contribution in [0.15, 0.2) is 34.7 Å². The average Bonchev–Trinajstić information content (AvgIpc) is 2.17. The molecule has 0 aliphatic carbocycles. The molecule has 1 aliphatic heterocycles. The van der Waals surface area contributed by atoms with E-state index >= 15 is 0 Å². The summed E-state index contributed by atoms with van der Waals surface area (Å²) in [7, 11) is 0. The number of benzene rings is 1. The molecule has 1 heterocycles. The van der Waals surface area contributed by atoms with Crippen molar-refractivity contribution in [1.82, 2.24) is 0 Å². The highest BCUT2D eigenvalue weighted by molar-refractivity contribution is 8.02. The van der Waals surface area contributed by atoms with Gasteiger partial charge in [0, 0.05) is 10.6 Å². The van der Waals surface area contributed by atoms with Crippen LogP contribution in [0, 0.1) is 0 Å². The molecule has 0 aromatic heterocycles.